The topological polar surface area (TPSA) is 60.5 Å². The van der Waals surface area contributed by atoms with Gasteiger partial charge >= 0.3 is 0 Å². The van der Waals surface area contributed by atoms with Gasteiger partial charge in [0.15, 0.2) is 0 Å². The second-order valence-electron chi connectivity index (χ2n) is 9.03. The molecular formula is C25H27NO4. The summed E-state index contributed by atoms with van der Waals surface area (Å²) in [5.74, 6) is 3.10. The molecule has 0 saturated heterocycles. The summed E-state index contributed by atoms with van der Waals surface area (Å²) in [6, 6.07) is 13.9. The van der Waals surface area contributed by atoms with Gasteiger partial charge in [-0.15, -0.1) is 0 Å². The van der Waals surface area contributed by atoms with Crippen molar-refractivity contribution >= 4 is 10.9 Å². The monoisotopic (exact) mass is 405 g/mol. The molecule has 0 spiro atoms. The van der Waals surface area contributed by atoms with Crippen molar-refractivity contribution in [2.24, 2.45) is 11.8 Å². The third-order valence-electron chi connectivity index (χ3n) is 7.08. The molecule has 156 valence electrons. The predicted molar refractivity (Wildman–Crippen MR) is 117 cm³/mol. The van der Waals surface area contributed by atoms with Crippen molar-refractivity contribution in [1.82, 2.24) is 4.98 Å². The number of methoxy groups -OCH3 is 2. The van der Waals surface area contributed by atoms with E-state index in [1.54, 1.807) is 14.2 Å². The molecule has 1 N–H and O–H groups in total. The van der Waals surface area contributed by atoms with Crippen molar-refractivity contribution in [3.63, 3.8) is 0 Å². The third kappa shape index (κ3) is 2.57. The molecule has 2 aromatic carbocycles. The Hall–Kier alpha value is -2.95. The van der Waals surface area contributed by atoms with E-state index in [9.17, 15) is 4.79 Å². The van der Waals surface area contributed by atoms with Gasteiger partial charge in [0.2, 0.25) is 0 Å². The normalized spacial score (nSPS) is 26.2. The van der Waals surface area contributed by atoms with Crippen LogP contribution in [0, 0.1) is 11.8 Å². The smallest absolute Gasteiger partial charge is 0.255 e. The van der Waals surface area contributed by atoms with E-state index in [0.29, 0.717) is 5.92 Å². The summed E-state index contributed by atoms with van der Waals surface area (Å²) < 4.78 is 17.5. The maximum atomic E-state index is 13.2. The Bertz CT molecular complexity index is 1170. The zero-order chi connectivity index (χ0) is 21.2. The van der Waals surface area contributed by atoms with E-state index in [1.165, 1.54) is 0 Å². The zero-order valence-corrected chi connectivity index (χ0v) is 18.0. The fraction of sp³-hybridized carbons (Fsp3) is 0.400. The number of ether oxygens (including phenoxy) is 3. The summed E-state index contributed by atoms with van der Waals surface area (Å²) in [5, 5.41) is 0.958. The molecule has 2 heterocycles. The molecule has 1 fully saturated rings. The number of hydrogen-bond donors (Lipinski definition) is 1. The number of H-pyrrole nitrogens is 1. The van der Waals surface area contributed by atoms with Gasteiger partial charge in [0.1, 0.15) is 22.8 Å². The standard InChI is InChI=1S/C25H27NO4/c1-13-19(14-10-15(28-4)12-16(11-14)29-5)20-21-23(30-25(2,3)22(13)20)17-8-6-7-9-18(17)26-24(21)27/h6-13,19-20,22H,1-5H3,(H,26,27)/t13-,19+,20+,22+/m1/s1. The lowest BCUT2D eigenvalue weighted by Crippen LogP contribution is -2.58. The minimum Gasteiger partial charge on any atom is -0.497 e. The van der Waals surface area contributed by atoms with Crippen LogP contribution in [0.2, 0.25) is 0 Å². The van der Waals surface area contributed by atoms with E-state index in [2.05, 4.69) is 37.9 Å². The van der Waals surface area contributed by atoms with Crippen LogP contribution in [0.4, 0.5) is 0 Å². The van der Waals surface area contributed by atoms with E-state index in [4.69, 9.17) is 14.2 Å². The average molecular weight is 405 g/mol. The molecule has 0 amide bonds. The highest BCUT2D eigenvalue weighted by molar-refractivity contribution is 5.86. The number of rotatable bonds is 3. The molecule has 1 aromatic heterocycles. The Labute approximate surface area is 176 Å². The maximum Gasteiger partial charge on any atom is 0.255 e. The summed E-state index contributed by atoms with van der Waals surface area (Å²) in [6.45, 7) is 6.54. The Kier molecular flexibility index (Phi) is 4.14. The summed E-state index contributed by atoms with van der Waals surface area (Å²) in [4.78, 5) is 16.3. The molecule has 5 nitrogen and oxygen atoms in total. The molecule has 3 aromatic rings. The summed E-state index contributed by atoms with van der Waals surface area (Å²) in [6.07, 6.45) is 0. The molecule has 0 radical (unpaired) electrons. The molecule has 5 rings (SSSR count). The lowest BCUT2D eigenvalue weighted by atomic mass is 9.48. The summed E-state index contributed by atoms with van der Waals surface area (Å²) in [5.41, 5.74) is 2.29. The van der Waals surface area contributed by atoms with Crippen molar-refractivity contribution in [3.8, 4) is 17.2 Å². The Balaban J connectivity index is 1.73. The predicted octanol–water partition coefficient (Wildman–Crippen LogP) is 4.85. The van der Waals surface area contributed by atoms with Gasteiger partial charge in [0, 0.05) is 23.3 Å². The maximum absolute atomic E-state index is 13.2. The second-order valence-corrected chi connectivity index (χ2v) is 9.03. The molecule has 1 aliphatic heterocycles. The first-order valence-corrected chi connectivity index (χ1v) is 10.4. The minimum absolute atomic E-state index is 0.0547. The first kappa shape index (κ1) is 19.0. The molecule has 2 aliphatic rings. The molecule has 5 heteroatoms. The third-order valence-corrected chi connectivity index (χ3v) is 7.08. The molecular weight excluding hydrogens is 378 g/mol. The van der Waals surface area contributed by atoms with Gasteiger partial charge in [0.25, 0.3) is 5.56 Å². The Morgan fingerprint density at radius 1 is 1.00 bits per heavy atom. The van der Waals surface area contributed by atoms with Crippen LogP contribution in [0.5, 0.6) is 17.2 Å². The van der Waals surface area contributed by atoms with Gasteiger partial charge < -0.3 is 19.2 Å². The van der Waals surface area contributed by atoms with Gasteiger partial charge in [-0.2, -0.15) is 0 Å². The number of pyridine rings is 1. The number of nitrogens with one attached hydrogen (secondary N) is 1. The minimum atomic E-state index is -0.368. The van der Waals surface area contributed by atoms with Crippen LogP contribution in [0.25, 0.3) is 10.9 Å². The van der Waals surface area contributed by atoms with Crippen LogP contribution < -0.4 is 19.8 Å². The van der Waals surface area contributed by atoms with E-state index < -0.39 is 0 Å². The van der Waals surface area contributed by atoms with Crippen molar-refractivity contribution in [2.75, 3.05) is 14.2 Å². The highest BCUT2D eigenvalue weighted by Crippen LogP contribution is 2.65. The molecule has 1 aliphatic carbocycles. The highest BCUT2D eigenvalue weighted by Gasteiger charge is 2.60. The second kappa shape index (κ2) is 6.53. The van der Waals surface area contributed by atoms with Crippen LogP contribution in [0.15, 0.2) is 47.3 Å². The first-order valence-electron chi connectivity index (χ1n) is 10.4. The van der Waals surface area contributed by atoms with Crippen LogP contribution in [0.3, 0.4) is 0 Å². The molecule has 0 unspecified atom stereocenters. The van der Waals surface area contributed by atoms with Crippen molar-refractivity contribution in [1.29, 1.82) is 0 Å². The zero-order valence-electron chi connectivity index (χ0n) is 18.0. The SMILES string of the molecule is COc1cc(OC)cc([C@@H]2[C@@H](C)[C@H]3[C@@H]2c2c(c4ccccc4[nH]c2=O)OC3(C)C)c1. The fourth-order valence-corrected chi connectivity index (χ4v) is 5.88. The Morgan fingerprint density at radius 3 is 2.33 bits per heavy atom. The molecule has 4 atom stereocenters. The quantitative estimate of drug-likeness (QED) is 0.677. The summed E-state index contributed by atoms with van der Waals surface area (Å²) >= 11 is 0. The van der Waals surface area contributed by atoms with Gasteiger partial charge in [0.05, 0.1) is 25.3 Å². The van der Waals surface area contributed by atoms with Gasteiger partial charge in [-0.3, -0.25) is 4.79 Å². The lowest BCUT2D eigenvalue weighted by molar-refractivity contribution is -0.0826. The van der Waals surface area contributed by atoms with Crippen LogP contribution in [0.1, 0.15) is 43.7 Å². The lowest BCUT2D eigenvalue weighted by Gasteiger charge is -2.59. The van der Waals surface area contributed by atoms with Crippen molar-refractivity contribution in [3.05, 3.63) is 63.9 Å². The van der Waals surface area contributed by atoms with E-state index in [-0.39, 0.29) is 28.9 Å². The number of fused-ring (bicyclic) bond motifs is 5. The average Bonchev–Trinajstić information content (AvgIpc) is 2.71. The number of aromatic amines is 1. The van der Waals surface area contributed by atoms with Crippen LogP contribution in [-0.2, 0) is 0 Å². The van der Waals surface area contributed by atoms with Crippen molar-refractivity contribution in [2.45, 2.75) is 38.2 Å². The highest BCUT2D eigenvalue weighted by atomic mass is 16.5. The summed E-state index contributed by atoms with van der Waals surface area (Å²) in [7, 11) is 3.32. The van der Waals surface area contributed by atoms with Crippen LogP contribution >= 0.6 is 0 Å². The Morgan fingerprint density at radius 2 is 1.67 bits per heavy atom. The first-order chi connectivity index (χ1) is 14.4. The van der Waals surface area contributed by atoms with Gasteiger partial charge in [-0.05, 0) is 55.5 Å². The van der Waals surface area contributed by atoms with E-state index in [0.717, 1.165) is 39.3 Å². The number of benzene rings is 2. The van der Waals surface area contributed by atoms with Crippen LogP contribution in [-0.4, -0.2) is 24.8 Å². The largest absolute Gasteiger partial charge is 0.497 e. The van der Waals surface area contributed by atoms with Crippen molar-refractivity contribution < 1.29 is 14.2 Å². The van der Waals surface area contributed by atoms with E-state index >= 15 is 0 Å². The molecule has 1 saturated carbocycles. The van der Waals surface area contributed by atoms with Gasteiger partial charge in [-0.25, -0.2) is 0 Å². The van der Waals surface area contributed by atoms with Gasteiger partial charge in [-0.1, -0.05) is 19.1 Å². The molecule has 0 bridgehead atoms. The van der Waals surface area contributed by atoms with E-state index in [1.807, 2.05) is 30.3 Å². The fourth-order valence-electron chi connectivity index (χ4n) is 5.88. The number of hydrogen-bond acceptors (Lipinski definition) is 4. The molecule has 30 heavy (non-hydrogen) atoms. The number of aromatic nitrogens is 1. The number of para-hydroxylation sites is 1.